The molecule has 1 aromatic carbocycles. The minimum Gasteiger partial charge on any atom is -0.478 e. The molecule has 0 atom stereocenters. The lowest BCUT2D eigenvalue weighted by Crippen LogP contribution is -2.06. The quantitative estimate of drug-likeness (QED) is 0.670. The Hall–Kier alpha value is -2.62. The molecule has 102 valence electrons. The van der Waals surface area contributed by atoms with E-state index in [1.54, 1.807) is 12.3 Å². The maximum absolute atomic E-state index is 11.6. The van der Waals surface area contributed by atoms with Crippen molar-refractivity contribution in [2.24, 2.45) is 0 Å². The van der Waals surface area contributed by atoms with Gasteiger partial charge in [-0.3, -0.25) is 4.79 Å². The number of ketones is 1. The van der Waals surface area contributed by atoms with Gasteiger partial charge in [0.25, 0.3) is 0 Å². The number of carboxylic acid groups (broad SMARTS) is 1. The summed E-state index contributed by atoms with van der Waals surface area (Å²) < 4.78 is 1.83. The molecule has 4 nitrogen and oxygen atoms in total. The Balaban J connectivity index is 2.31. The fourth-order valence-electron chi connectivity index (χ4n) is 2.00. The third kappa shape index (κ3) is 3.45. The Morgan fingerprint density at radius 2 is 1.95 bits per heavy atom. The van der Waals surface area contributed by atoms with Gasteiger partial charge >= 0.3 is 5.97 Å². The molecule has 2 aromatic rings. The van der Waals surface area contributed by atoms with Gasteiger partial charge in [-0.15, -0.1) is 0 Å². The number of Topliss-reactive ketones (excluding diaryl/α,β-unsaturated/α-hetero) is 1. The highest BCUT2D eigenvalue weighted by Gasteiger charge is 2.09. The average Bonchev–Trinajstić information content (AvgIpc) is 2.81. The largest absolute Gasteiger partial charge is 0.478 e. The van der Waals surface area contributed by atoms with E-state index in [1.165, 1.54) is 13.0 Å². The topological polar surface area (TPSA) is 59.3 Å². The Bertz CT molecular complexity index is 654. The van der Waals surface area contributed by atoms with Crippen molar-refractivity contribution in [1.82, 2.24) is 4.57 Å². The van der Waals surface area contributed by atoms with E-state index in [2.05, 4.69) is 0 Å². The molecule has 0 amide bonds. The number of rotatable bonds is 5. The molecule has 4 heteroatoms. The zero-order chi connectivity index (χ0) is 14.5. The molecule has 0 unspecified atom stereocenters. The molecule has 1 aromatic heterocycles. The van der Waals surface area contributed by atoms with Crippen LogP contribution in [0.15, 0.2) is 48.7 Å². The van der Waals surface area contributed by atoms with Gasteiger partial charge in [0, 0.05) is 25.7 Å². The molecule has 1 N–H and O–H groups in total. The third-order valence-electron chi connectivity index (χ3n) is 2.89. The average molecular weight is 269 g/mol. The van der Waals surface area contributed by atoms with E-state index >= 15 is 0 Å². The monoisotopic (exact) mass is 269 g/mol. The van der Waals surface area contributed by atoms with Gasteiger partial charge in [-0.25, -0.2) is 4.79 Å². The van der Waals surface area contributed by atoms with E-state index in [4.69, 9.17) is 5.11 Å². The van der Waals surface area contributed by atoms with Crippen molar-refractivity contribution in [2.45, 2.75) is 13.5 Å². The van der Waals surface area contributed by atoms with Gasteiger partial charge in [-0.2, -0.15) is 0 Å². The number of benzene rings is 1. The summed E-state index contributed by atoms with van der Waals surface area (Å²) in [6.45, 7) is 2.08. The molecule has 0 aliphatic rings. The first-order valence-corrected chi connectivity index (χ1v) is 6.22. The lowest BCUT2D eigenvalue weighted by atomic mass is 10.2. The number of nitrogens with zero attached hydrogens (tertiary/aromatic N) is 1. The number of hydrogen-bond donors (Lipinski definition) is 1. The molecule has 0 radical (unpaired) electrons. The van der Waals surface area contributed by atoms with E-state index in [1.807, 2.05) is 34.9 Å². The highest BCUT2D eigenvalue weighted by Crippen LogP contribution is 2.14. The highest BCUT2D eigenvalue weighted by atomic mass is 16.4. The summed E-state index contributed by atoms with van der Waals surface area (Å²) in [5.41, 5.74) is 2.35. The molecule has 0 fully saturated rings. The number of carbonyl (C=O) groups is 2. The van der Waals surface area contributed by atoms with Gasteiger partial charge < -0.3 is 9.67 Å². The van der Waals surface area contributed by atoms with Crippen molar-refractivity contribution < 1.29 is 14.7 Å². The first kappa shape index (κ1) is 13.8. The molecular formula is C16H15NO3. The minimum atomic E-state index is -1.01. The molecule has 2 rings (SSSR count). The van der Waals surface area contributed by atoms with E-state index in [0.29, 0.717) is 17.8 Å². The van der Waals surface area contributed by atoms with Gasteiger partial charge in [0.1, 0.15) is 0 Å². The van der Waals surface area contributed by atoms with Gasteiger partial charge in [-0.05, 0) is 23.3 Å². The summed E-state index contributed by atoms with van der Waals surface area (Å²) in [7, 11) is 0. The van der Waals surface area contributed by atoms with Crippen molar-refractivity contribution in [3.63, 3.8) is 0 Å². The van der Waals surface area contributed by atoms with Crippen LogP contribution in [0.5, 0.6) is 0 Å². The standard InChI is InChI=1S/C16H15NO3/c1-12(18)15-9-14(7-8-16(19)20)11-17(15)10-13-5-3-2-4-6-13/h2-9,11H,10H2,1H3,(H,19,20). The van der Waals surface area contributed by atoms with Crippen LogP contribution in [0.4, 0.5) is 0 Å². The number of hydrogen-bond acceptors (Lipinski definition) is 2. The SMILES string of the molecule is CC(=O)c1cc(C=CC(=O)O)cn1Cc1ccccc1. The molecule has 0 bridgehead atoms. The first-order chi connectivity index (χ1) is 9.56. The smallest absolute Gasteiger partial charge is 0.328 e. The van der Waals surface area contributed by atoms with E-state index in [9.17, 15) is 9.59 Å². The van der Waals surface area contributed by atoms with Crippen LogP contribution >= 0.6 is 0 Å². The van der Waals surface area contributed by atoms with Crippen LogP contribution in [0.25, 0.3) is 6.08 Å². The fourth-order valence-corrected chi connectivity index (χ4v) is 2.00. The molecule has 0 spiro atoms. The van der Waals surface area contributed by atoms with Crippen LogP contribution in [0.2, 0.25) is 0 Å². The van der Waals surface area contributed by atoms with Crippen LogP contribution in [0.3, 0.4) is 0 Å². The maximum atomic E-state index is 11.6. The predicted molar refractivity (Wildman–Crippen MR) is 76.7 cm³/mol. The number of aromatic nitrogens is 1. The van der Waals surface area contributed by atoms with Crippen LogP contribution < -0.4 is 0 Å². The molecule has 0 saturated heterocycles. The molecule has 20 heavy (non-hydrogen) atoms. The van der Waals surface area contributed by atoms with Crippen LogP contribution in [0.1, 0.15) is 28.5 Å². The second kappa shape index (κ2) is 6.02. The lowest BCUT2D eigenvalue weighted by Gasteiger charge is -2.06. The second-order valence-electron chi connectivity index (χ2n) is 4.50. The van der Waals surface area contributed by atoms with Crippen molar-refractivity contribution >= 4 is 17.8 Å². The summed E-state index contributed by atoms with van der Waals surface area (Å²) in [6, 6.07) is 11.5. The normalized spacial score (nSPS) is 10.8. The van der Waals surface area contributed by atoms with E-state index < -0.39 is 5.97 Å². The molecule has 0 aliphatic carbocycles. The fraction of sp³-hybridized carbons (Fsp3) is 0.125. The Morgan fingerprint density at radius 3 is 2.55 bits per heavy atom. The summed E-state index contributed by atoms with van der Waals surface area (Å²) in [5.74, 6) is -1.05. The summed E-state index contributed by atoms with van der Waals surface area (Å²) in [4.78, 5) is 22.2. The van der Waals surface area contributed by atoms with Crippen molar-refractivity contribution in [3.05, 3.63) is 65.5 Å². The molecular weight excluding hydrogens is 254 g/mol. The summed E-state index contributed by atoms with van der Waals surface area (Å²) in [6.07, 6.45) is 4.32. The van der Waals surface area contributed by atoms with Crippen LogP contribution in [-0.2, 0) is 11.3 Å². The maximum Gasteiger partial charge on any atom is 0.328 e. The summed E-state index contributed by atoms with van der Waals surface area (Å²) >= 11 is 0. The number of aliphatic carboxylic acids is 1. The number of carbonyl (C=O) groups excluding carboxylic acids is 1. The highest BCUT2D eigenvalue weighted by molar-refractivity contribution is 5.94. The number of carboxylic acids is 1. The Labute approximate surface area is 117 Å². The zero-order valence-corrected chi connectivity index (χ0v) is 11.1. The molecule has 1 heterocycles. The van der Waals surface area contributed by atoms with Gasteiger partial charge in [-0.1, -0.05) is 30.3 Å². The Kier molecular flexibility index (Phi) is 4.15. The predicted octanol–water partition coefficient (Wildman–Crippen LogP) is 2.84. The molecule has 0 aliphatic heterocycles. The van der Waals surface area contributed by atoms with Crippen LogP contribution in [-0.4, -0.2) is 21.4 Å². The first-order valence-electron chi connectivity index (χ1n) is 6.22. The van der Waals surface area contributed by atoms with E-state index in [-0.39, 0.29) is 5.78 Å². The summed E-state index contributed by atoms with van der Waals surface area (Å²) in [5, 5.41) is 8.63. The van der Waals surface area contributed by atoms with Gasteiger partial charge in [0.15, 0.2) is 5.78 Å². The second-order valence-corrected chi connectivity index (χ2v) is 4.50. The van der Waals surface area contributed by atoms with Crippen molar-refractivity contribution in [1.29, 1.82) is 0 Å². The lowest BCUT2D eigenvalue weighted by molar-refractivity contribution is -0.131. The van der Waals surface area contributed by atoms with Crippen molar-refractivity contribution in [3.8, 4) is 0 Å². The van der Waals surface area contributed by atoms with E-state index in [0.717, 1.165) is 11.6 Å². The van der Waals surface area contributed by atoms with Gasteiger partial charge in [0.2, 0.25) is 0 Å². The minimum absolute atomic E-state index is 0.0455. The third-order valence-corrected chi connectivity index (χ3v) is 2.89. The van der Waals surface area contributed by atoms with Gasteiger partial charge in [0.05, 0.1) is 5.69 Å². The zero-order valence-electron chi connectivity index (χ0n) is 11.1. The van der Waals surface area contributed by atoms with Crippen molar-refractivity contribution in [2.75, 3.05) is 0 Å². The molecule has 0 saturated carbocycles. The Morgan fingerprint density at radius 1 is 1.25 bits per heavy atom. The van der Waals surface area contributed by atoms with Crippen LogP contribution in [0, 0.1) is 0 Å².